The first kappa shape index (κ1) is 12.9. The molecular formula is C12H10Cl2N2O2. The van der Waals surface area contributed by atoms with E-state index in [2.05, 4.69) is 10.2 Å². The van der Waals surface area contributed by atoms with Gasteiger partial charge in [0.25, 0.3) is 0 Å². The fourth-order valence-electron chi connectivity index (χ4n) is 1.51. The molecule has 0 aliphatic carbocycles. The number of nitrogens with one attached hydrogen (secondary N) is 1. The highest BCUT2D eigenvalue weighted by Gasteiger charge is 2.15. The van der Waals surface area contributed by atoms with Gasteiger partial charge in [-0.2, -0.15) is 5.10 Å². The largest absolute Gasteiger partial charge is 0.461 e. The predicted molar refractivity (Wildman–Crippen MR) is 70.0 cm³/mol. The zero-order valence-corrected chi connectivity index (χ0v) is 11.0. The van der Waals surface area contributed by atoms with Crippen LogP contribution >= 0.6 is 23.2 Å². The molecule has 0 bridgehead atoms. The standard InChI is InChI=1S/C12H10Cl2N2O2/c1-2-18-12(17)10-6-9(15-16-10)11-7(13)4-3-5-8(11)14/h3-6H,2H2,1H3,(H,15,16). The highest BCUT2D eigenvalue weighted by atomic mass is 35.5. The Morgan fingerprint density at radius 2 is 2.06 bits per heavy atom. The molecule has 1 aromatic heterocycles. The van der Waals surface area contributed by atoms with Gasteiger partial charge in [0.05, 0.1) is 22.3 Å². The molecule has 1 heterocycles. The highest BCUT2D eigenvalue weighted by molar-refractivity contribution is 6.39. The molecule has 0 radical (unpaired) electrons. The summed E-state index contributed by atoms with van der Waals surface area (Å²) in [4.78, 5) is 11.5. The summed E-state index contributed by atoms with van der Waals surface area (Å²) in [7, 11) is 0. The number of benzene rings is 1. The third-order valence-corrected chi connectivity index (χ3v) is 2.92. The third kappa shape index (κ3) is 2.49. The summed E-state index contributed by atoms with van der Waals surface area (Å²) in [6, 6.07) is 6.72. The SMILES string of the molecule is CCOC(=O)c1cc(-c2c(Cl)cccc2Cl)n[nH]1. The van der Waals surface area contributed by atoms with Crippen molar-refractivity contribution < 1.29 is 9.53 Å². The van der Waals surface area contributed by atoms with Gasteiger partial charge in [0, 0.05) is 5.56 Å². The van der Waals surface area contributed by atoms with Gasteiger partial charge in [-0.15, -0.1) is 0 Å². The van der Waals surface area contributed by atoms with Gasteiger partial charge in [-0.25, -0.2) is 4.79 Å². The molecule has 2 rings (SSSR count). The molecule has 0 saturated carbocycles. The summed E-state index contributed by atoms with van der Waals surface area (Å²) in [5, 5.41) is 7.57. The smallest absolute Gasteiger partial charge is 0.356 e. The normalized spacial score (nSPS) is 10.4. The minimum Gasteiger partial charge on any atom is -0.461 e. The van der Waals surface area contributed by atoms with E-state index in [0.717, 1.165) is 0 Å². The van der Waals surface area contributed by atoms with Crippen molar-refractivity contribution in [2.24, 2.45) is 0 Å². The lowest BCUT2D eigenvalue weighted by Crippen LogP contribution is -2.04. The molecule has 0 atom stereocenters. The van der Waals surface area contributed by atoms with E-state index in [9.17, 15) is 4.79 Å². The number of hydrogen-bond donors (Lipinski definition) is 1. The van der Waals surface area contributed by atoms with E-state index in [-0.39, 0.29) is 5.69 Å². The lowest BCUT2D eigenvalue weighted by Gasteiger charge is -2.02. The van der Waals surface area contributed by atoms with E-state index in [1.807, 2.05) is 0 Å². The van der Waals surface area contributed by atoms with Crippen molar-refractivity contribution in [1.29, 1.82) is 0 Å². The van der Waals surface area contributed by atoms with Crippen LogP contribution in [0.2, 0.25) is 10.0 Å². The van der Waals surface area contributed by atoms with Crippen molar-refractivity contribution in [2.75, 3.05) is 6.61 Å². The van der Waals surface area contributed by atoms with Crippen molar-refractivity contribution in [3.63, 3.8) is 0 Å². The fourth-order valence-corrected chi connectivity index (χ4v) is 2.10. The molecule has 0 amide bonds. The van der Waals surface area contributed by atoms with Gasteiger partial charge in [0.15, 0.2) is 0 Å². The van der Waals surface area contributed by atoms with Gasteiger partial charge in [-0.3, -0.25) is 5.10 Å². The quantitative estimate of drug-likeness (QED) is 0.877. The lowest BCUT2D eigenvalue weighted by molar-refractivity contribution is 0.0519. The van der Waals surface area contributed by atoms with E-state index in [4.69, 9.17) is 27.9 Å². The molecule has 1 N–H and O–H groups in total. The van der Waals surface area contributed by atoms with Gasteiger partial charge in [0.2, 0.25) is 0 Å². The Morgan fingerprint density at radius 1 is 1.39 bits per heavy atom. The van der Waals surface area contributed by atoms with Crippen LogP contribution < -0.4 is 0 Å². The zero-order valence-electron chi connectivity index (χ0n) is 9.54. The number of aromatic nitrogens is 2. The van der Waals surface area contributed by atoms with Gasteiger partial charge in [-0.1, -0.05) is 29.3 Å². The Morgan fingerprint density at radius 3 is 2.67 bits per heavy atom. The Labute approximate surface area is 114 Å². The van der Waals surface area contributed by atoms with Crippen LogP contribution in [0, 0.1) is 0 Å². The number of hydrogen-bond acceptors (Lipinski definition) is 3. The van der Waals surface area contributed by atoms with Crippen LogP contribution in [0.3, 0.4) is 0 Å². The Hall–Kier alpha value is -1.52. The topological polar surface area (TPSA) is 55.0 Å². The Kier molecular flexibility index (Phi) is 3.89. The first-order chi connectivity index (χ1) is 8.63. The molecule has 0 saturated heterocycles. The van der Waals surface area contributed by atoms with Crippen molar-refractivity contribution in [2.45, 2.75) is 6.92 Å². The second-order valence-electron chi connectivity index (χ2n) is 3.48. The van der Waals surface area contributed by atoms with Gasteiger partial charge < -0.3 is 4.74 Å². The molecule has 4 nitrogen and oxygen atoms in total. The highest BCUT2D eigenvalue weighted by Crippen LogP contribution is 2.33. The van der Waals surface area contributed by atoms with Crippen LogP contribution in [0.15, 0.2) is 24.3 Å². The van der Waals surface area contributed by atoms with Crippen LogP contribution in [0.5, 0.6) is 0 Å². The van der Waals surface area contributed by atoms with E-state index in [1.54, 1.807) is 31.2 Å². The molecule has 1 aromatic carbocycles. The number of carbonyl (C=O) groups is 1. The average molecular weight is 285 g/mol. The number of H-pyrrole nitrogens is 1. The second-order valence-corrected chi connectivity index (χ2v) is 4.30. The summed E-state index contributed by atoms with van der Waals surface area (Å²) in [6.45, 7) is 2.04. The Balaban J connectivity index is 2.38. The second kappa shape index (κ2) is 5.42. The summed E-state index contributed by atoms with van der Waals surface area (Å²) in [5.74, 6) is -0.459. The third-order valence-electron chi connectivity index (χ3n) is 2.29. The Bertz CT molecular complexity index is 561. The van der Waals surface area contributed by atoms with Gasteiger partial charge in [-0.05, 0) is 25.1 Å². The monoisotopic (exact) mass is 284 g/mol. The van der Waals surface area contributed by atoms with Crippen molar-refractivity contribution in [1.82, 2.24) is 10.2 Å². The van der Waals surface area contributed by atoms with Crippen LogP contribution in [0.4, 0.5) is 0 Å². The number of rotatable bonds is 3. The van der Waals surface area contributed by atoms with Crippen LogP contribution in [0.1, 0.15) is 17.4 Å². The van der Waals surface area contributed by atoms with Gasteiger partial charge in [0.1, 0.15) is 5.69 Å². The van der Waals surface area contributed by atoms with Crippen LogP contribution in [-0.4, -0.2) is 22.8 Å². The molecular weight excluding hydrogens is 275 g/mol. The fraction of sp³-hybridized carbons (Fsp3) is 0.167. The number of nitrogens with zero attached hydrogens (tertiary/aromatic N) is 1. The number of aromatic amines is 1. The van der Waals surface area contributed by atoms with Crippen LogP contribution in [0.25, 0.3) is 11.3 Å². The zero-order chi connectivity index (χ0) is 13.1. The van der Waals surface area contributed by atoms with E-state index < -0.39 is 5.97 Å². The molecule has 6 heteroatoms. The molecule has 0 spiro atoms. The van der Waals surface area contributed by atoms with Gasteiger partial charge >= 0.3 is 5.97 Å². The number of halogens is 2. The van der Waals surface area contributed by atoms with Crippen molar-refractivity contribution in [3.8, 4) is 11.3 Å². The summed E-state index contributed by atoms with van der Waals surface area (Å²) >= 11 is 12.1. The van der Waals surface area contributed by atoms with Crippen LogP contribution in [-0.2, 0) is 4.74 Å². The molecule has 0 aliphatic heterocycles. The maximum absolute atomic E-state index is 11.5. The van der Waals surface area contributed by atoms with E-state index >= 15 is 0 Å². The van der Waals surface area contributed by atoms with Crippen molar-refractivity contribution in [3.05, 3.63) is 40.0 Å². The molecule has 94 valence electrons. The number of carbonyl (C=O) groups excluding carboxylic acids is 1. The first-order valence-electron chi connectivity index (χ1n) is 5.30. The predicted octanol–water partition coefficient (Wildman–Crippen LogP) is 3.56. The minimum atomic E-state index is -0.459. The molecule has 2 aromatic rings. The maximum Gasteiger partial charge on any atom is 0.356 e. The number of ether oxygens (including phenoxy) is 1. The lowest BCUT2D eigenvalue weighted by atomic mass is 10.1. The first-order valence-corrected chi connectivity index (χ1v) is 6.06. The summed E-state index contributed by atoms with van der Waals surface area (Å²) < 4.78 is 4.86. The molecule has 0 unspecified atom stereocenters. The summed E-state index contributed by atoms with van der Waals surface area (Å²) in [5.41, 5.74) is 1.36. The molecule has 0 fully saturated rings. The molecule has 0 aliphatic rings. The average Bonchev–Trinajstić information content (AvgIpc) is 2.78. The number of esters is 1. The minimum absolute atomic E-state index is 0.267. The van der Waals surface area contributed by atoms with E-state index in [0.29, 0.717) is 27.9 Å². The van der Waals surface area contributed by atoms with Crippen molar-refractivity contribution >= 4 is 29.2 Å². The maximum atomic E-state index is 11.5. The summed E-state index contributed by atoms with van der Waals surface area (Å²) in [6.07, 6.45) is 0. The molecule has 18 heavy (non-hydrogen) atoms. The van der Waals surface area contributed by atoms with E-state index in [1.165, 1.54) is 0 Å².